The molecule has 6 heteroatoms. The van der Waals surface area contributed by atoms with Crippen molar-refractivity contribution in [1.82, 2.24) is 4.98 Å². The van der Waals surface area contributed by atoms with Gasteiger partial charge >= 0.3 is 6.18 Å². The van der Waals surface area contributed by atoms with Crippen LogP contribution in [0.25, 0.3) is 10.9 Å². The average molecular weight is 241 g/mol. The molecule has 0 amide bonds. The molecule has 2 rings (SSSR count). The maximum atomic E-state index is 12.0. The summed E-state index contributed by atoms with van der Waals surface area (Å²) in [5.74, 6) is 0.194. The first-order valence-electron chi connectivity index (χ1n) is 4.91. The van der Waals surface area contributed by atoms with Gasteiger partial charge in [-0.15, -0.1) is 0 Å². The Hall–Kier alpha value is -1.98. The van der Waals surface area contributed by atoms with E-state index < -0.39 is 12.7 Å². The van der Waals surface area contributed by atoms with Gasteiger partial charge < -0.3 is 11.1 Å². The highest BCUT2D eigenvalue weighted by molar-refractivity contribution is 5.83. The van der Waals surface area contributed by atoms with Gasteiger partial charge in [-0.25, -0.2) is 4.98 Å². The van der Waals surface area contributed by atoms with E-state index >= 15 is 0 Å². The summed E-state index contributed by atoms with van der Waals surface area (Å²) in [6, 6.07) is 8.22. The van der Waals surface area contributed by atoms with E-state index in [0.29, 0.717) is 11.2 Å². The standard InChI is InChI=1S/C11H10F3N3/c12-11(13,14)6-16-10-4-1-7-5-8(15)2-3-9(7)17-10/h1-5H,6,15H2,(H,16,17). The largest absolute Gasteiger partial charge is 0.405 e. The van der Waals surface area contributed by atoms with Crippen molar-refractivity contribution in [2.75, 3.05) is 17.6 Å². The van der Waals surface area contributed by atoms with E-state index in [1.807, 2.05) is 0 Å². The minimum atomic E-state index is -4.25. The summed E-state index contributed by atoms with van der Waals surface area (Å²) in [5, 5.41) is 3.02. The molecule has 0 radical (unpaired) electrons. The number of benzene rings is 1. The van der Waals surface area contributed by atoms with E-state index in [9.17, 15) is 13.2 Å². The van der Waals surface area contributed by atoms with Crippen LogP contribution >= 0.6 is 0 Å². The van der Waals surface area contributed by atoms with Crippen LogP contribution in [0.3, 0.4) is 0 Å². The highest BCUT2D eigenvalue weighted by Gasteiger charge is 2.26. The molecule has 3 N–H and O–H groups in total. The quantitative estimate of drug-likeness (QED) is 0.795. The Kier molecular flexibility index (Phi) is 2.79. The number of alkyl halides is 3. The minimum Gasteiger partial charge on any atom is -0.399 e. The third-order valence-electron chi connectivity index (χ3n) is 2.18. The first kappa shape index (κ1) is 11.5. The number of pyridine rings is 1. The van der Waals surface area contributed by atoms with E-state index in [0.717, 1.165) is 5.39 Å². The molecule has 0 saturated heterocycles. The molecule has 0 bridgehead atoms. The number of aromatic nitrogens is 1. The van der Waals surface area contributed by atoms with E-state index in [4.69, 9.17) is 5.73 Å². The number of halogens is 3. The second-order valence-corrected chi connectivity index (χ2v) is 3.62. The van der Waals surface area contributed by atoms with Crippen molar-refractivity contribution in [3.05, 3.63) is 30.3 Å². The number of hydrogen-bond donors (Lipinski definition) is 2. The predicted molar refractivity (Wildman–Crippen MR) is 60.7 cm³/mol. The lowest BCUT2D eigenvalue weighted by Crippen LogP contribution is -2.21. The Bertz CT molecular complexity index is 537. The lowest BCUT2D eigenvalue weighted by atomic mass is 10.2. The molecular weight excluding hydrogens is 231 g/mol. The molecule has 0 aliphatic heterocycles. The van der Waals surface area contributed by atoms with Gasteiger partial charge in [-0.3, -0.25) is 0 Å². The molecule has 0 aliphatic rings. The van der Waals surface area contributed by atoms with Crippen molar-refractivity contribution in [2.45, 2.75) is 6.18 Å². The summed E-state index contributed by atoms with van der Waals surface area (Å²) in [7, 11) is 0. The smallest absolute Gasteiger partial charge is 0.399 e. The second kappa shape index (κ2) is 4.12. The zero-order valence-electron chi connectivity index (χ0n) is 8.75. The van der Waals surface area contributed by atoms with Gasteiger partial charge in [0, 0.05) is 11.1 Å². The zero-order valence-corrected chi connectivity index (χ0v) is 8.75. The maximum Gasteiger partial charge on any atom is 0.405 e. The maximum absolute atomic E-state index is 12.0. The van der Waals surface area contributed by atoms with Crippen molar-refractivity contribution in [1.29, 1.82) is 0 Å². The SMILES string of the molecule is Nc1ccc2nc(NCC(F)(F)F)ccc2c1. The number of nitrogens with zero attached hydrogens (tertiary/aromatic N) is 1. The normalized spacial score (nSPS) is 11.7. The summed E-state index contributed by atoms with van der Waals surface area (Å²) >= 11 is 0. The molecule has 17 heavy (non-hydrogen) atoms. The molecule has 1 aromatic heterocycles. The molecule has 0 fully saturated rings. The number of nitrogens with two attached hydrogens (primary N) is 1. The third kappa shape index (κ3) is 2.99. The average Bonchev–Trinajstić information content (AvgIpc) is 2.25. The number of hydrogen-bond acceptors (Lipinski definition) is 3. The van der Waals surface area contributed by atoms with Crippen molar-refractivity contribution in [3.8, 4) is 0 Å². The first-order chi connectivity index (χ1) is 7.94. The summed E-state index contributed by atoms with van der Waals surface area (Å²) in [6.07, 6.45) is -4.25. The van der Waals surface area contributed by atoms with E-state index in [1.165, 1.54) is 6.07 Å². The molecule has 90 valence electrons. The number of nitrogens with one attached hydrogen (secondary N) is 1. The molecule has 0 aliphatic carbocycles. The van der Waals surface area contributed by atoms with Gasteiger partial charge in [0.25, 0.3) is 0 Å². The van der Waals surface area contributed by atoms with Crippen molar-refractivity contribution < 1.29 is 13.2 Å². The molecule has 1 heterocycles. The highest BCUT2D eigenvalue weighted by atomic mass is 19.4. The van der Waals surface area contributed by atoms with Crippen LogP contribution in [0.15, 0.2) is 30.3 Å². The Labute approximate surface area is 95.4 Å². The zero-order chi connectivity index (χ0) is 12.5. The van der Waals surface area contributed by atoms with Crippen LogP contribution in [0, 0.1) is 0 Å². The fourth-order valence-electron chi connectivity index (χ4n) is 1.43. The second-order valence-electron chi connectivity index (χ2n) is 3.62. The minimum absolute atomic E-state index is 0.194. The van der Waals surface area contributed by atoms with Crippen LogP contribution < -0.4 is 11.1 Å². The lowest BCUT2D eigenvalue weighted by Gasteiger charge is -2.09. The van der Waals surface area contributed by atoms with Gasteiger partial charge in [-0.2, -0.15) is 13.2 Å². The van der Waals surface area contributed by atoms with E-state index in [1.54, 1.807) is 24.3 Å². The number of rotatable bonds is 2. The van der Waals surface area contributed by atoms with Gasteiger partial charge in [-0.1, -0.05) is 0 Å². The van der Waals surface area contributed by atoms with Crippen molar-refractivity contribution in [3.63, 3.8) is 0 Å². The monoisotopic (exact) mass is 241 g/mol. The molecule has 2 aromatic rings. The molecule has 3 nitrogen and oxygen atoms in total. The highest BCUT2D eigenvalue weighted by Crippen LogP contribution is 2.19. The summed E-state index contributed by atoms with van der Waals surface area (Å²) in [6.45, 7) is -1.10. The molecule has 0 atom stereocenters. The topological polar surface area (TPSA) is 50.9 Å². The number of nitrogen functional groups attached to an aromatic ring is 1. The lowest BCUT2D eigenvalue weighted by molar-refractivity contribution is -0.115. The van der Waals surface area contributed by atoms with Crippen LogP contribution in [-0.4, -0.2) is 17.7 Å². The van der Waals surface area contributed by atoms with Crippen LogP contribution in [0.1, 0.15) is 0 Å². The van der Waals surface area contributed by atoms with Crippen LogP contribution in [0.5, 0.6) is 0 Å². The first-order valence-corrected chi connectivity index (χ1v) is 4.91. The Balaban J connectivity index is 2.23. The molecule has 0 unspecified atom stereocenters. The molecular formula is C11H10F3N3. The number of fused-ring (bicyclic) bond motifs is 1. The van der Waals surface area contributed by atoms with Gasteiger partial charge in [0.1, 0.15) is 12.4 Å². The van der Waals surface area contributed by atoms with Gasteiger partial charge in [0.05, 0.1) is 5.52 Å². The van der Waals surface area contributed by atoms with Crippen molar-refractivity contribution >= 4 is 22.4 Å². The summed E-state index contributed by atoms with van der Waals surface area (Å²) < 4.78 is 36.0. The van der Waals surface area contributed by atoms with E-state index in [2.05, 4.69) is 10.3 Å². The molecule has 1 aromatic carbocycles. The van der Waals surface area contributed by atoms with Crippen LogP contribution in [0.2, 0.25) is 0 Å². The van der Waals surface area contributed by atoms with Gasteiger partial charge in [0.15, 0.2) is 0 Å². The Morgan fingerprint density at radius 2 is 1.94 bits per heavy atom. The fraction of sp³-hybridized carbons (Fsp3) is 0.182. The summed E-state index contributed by atoms with van der Waals surface area (Å²) in [4.78, 5) is 4.05. The predicted octanol–water partition coefficient (Wildman–Crippen LogP) is 2.79. The third-order valence-corrected chi connectivity index (χ3v) is 2.18. The van der Waals surface area contributed by atoms with Gasteiger partial charge in [-0.05, 0) is 30.3 Å². The fourth-order valence-corrected chi connectivity index (χ4v) is 1.43. The van der Waals surface area contributed by atoms with Crippen LogP contribution in [0.4, 0.5) is 24.7 Å². The summed E-state index contributed by atoms with van der Waals surface area (Å²) in [5.41, 5.74) is 6.78. The number of anilines is 2. The molecule has 0 saturated carbocycles. The van der Waals surface area contributed by atoms with Gasteiger partial charge in [0.2, 0.25) is 0 Å². The Morgan fingerprint density at radius 1 is 1.18 bits per heavy atom. The van der Waals surface area contributed by atoms with Crippen LogP contribution in [-0.2, 0) is 0 Å². The molecule has 0 spiro atoms. The van der Waals surface area contributed by atoms with E-state index in [-0.39, 0.29) is 5.82 Å². The Morgan fingerprint density at radius 3 is 2.65 bits per heavy atom. The van der Waals surface area contributed by atoms with Crippen molar-refractivity contribution in [2.24, 2.45) is 0 Å².